The second kappa shape index (κ2) is 11.1. The number of amides is 1. The second-order valence-electron chi connectivity index (χ2n) is 8.67. The molecule has 1 N–H and O–H groups in total. The summed E-state index contributed by atoms with van der Waals surface area (Å²) in [5, 5.41) is 4.95. The van der Waals surface area contributed by atoms with Crippen LogP contribution in [0, 0.1) is 11.7 Å². The lowest BCUT2D eigenvalue weighted by Crippen LogP contribution is -2.42. The molecule has 0 radical (unpaired) electrons. The van der Waals surface area contributed by atoms with Crippen molar-refractivity contribution in [1.29, 1.82) is 0 Å². The molecule has 0 spiro atoms. The Morgan fingerprint density at radius 3 is 2.42 bits per heavy atom. The average molecular weight is 525 g/mol. The fraction of sp³-hybridized carbons (Fsp3) is 0.179. The predicted octanol–water partition coefficient (Wildman–Crippen LogP) is 5.82. The molecule has 1 amide bonds. The lowest BCUT2D eigenvalue weighted by atomic mass is 9.96. The van der Waals surface area contributed by atoms with E-state index in [0.29, 0.717) is 6.54 Å². The highest BCUT2D eigenvalue weighted by Gasteiger charge is 2.27. The molecular weight excluding hydrogens is 499 g/mol. The van der Waals surface area contributed by atoms with E-state index in [2.05, 4.69) is 29.6 Å². The zero-order valence-electron chi connectivity index (χ0n) is 19.7. The topological polar surface area (TPSA) is 66.5 Å². The molecule has 5 nitrogen and oxygen atoms in total. The van der Waals surface area contributed by atoms with Gasteiger partial charge in [0.25, 0.3) is 10.0 Å². The van der Waals surface area contributed by atoms with Gasteiger partial charge in [0.2, 0.25) is 5.91 Å². The Kier molecular flexibility index (Phi) is 7.91. The van der Waals surface area contributed by atoms with E-state index in [9.17, 15) is 17.6 Å². The molecule has 0 aliphatic carbocycles. The van der Waals surface area contributed by atoms with Crippen molar-refractivity contribution < 1.29 is 17.6 Å². The molecule has 4 aromatic carbocycles. The van der Waals surface area contributed by atoms with Gasteiger partial charge >= 0.3 is 0 Å². The zero-order chi connectivity index (χ0) is 25.7. The van der Waals surface area contributed by atoms with E-state index in [4.69, 9.17) is 11.6 Å². The van der Waals surface area contributed by atoms with Crippen molar-refractivity contribution in [3.05, 3.63) is 107 Å². The average Bonchev–Trinajstić information content (AvgIpc) is 2.88. The van der Waals surface area contributed by atoms with Crippen LogP contribution in [0.15, 0.2) is 95.9 Å². The normalized spacial score (nSPS) is 12.3. The van der Waals surface area contributed by atoms with Gasteiger partial charge in [0.15, 0.2) is 0 Å². The van der Waals surface area contributed by atoms with Gasteiger partial charge in [-0.15, -0.1) is 0 Å². The number of hydrogen-bond acceptors (Lipinski definition) is 3. The number of carbonyl (C=O) groups excluding carboxylic acids is 1. The number of halogens is 2. The van der Waals surface area contributed by atoms with Crippen LogP contribution in [-0.4, -0.2) is 27.4 Å². The maximum atomic E-state index is 13.8. The quantitative estimate of drug-likeness (QED) is 0.300. The summed E-state index contributed by atoms with van der Waals surface area (Å²) in [7, 11) is -4.10. The van der Waals surface area contributed by atoms with Crippen LogP contribution < -0.4 is 9.62 Å². The van der Waals surface area contributed by atoms with Crippen molar-refractivity contribution in [1.82, 2.24) is 5.32 Å². The summed E-state index contributed by atoms with van der Waals surface area (Å²) in [6, 6.07) is 25.6. The molecule has 0 saturated heterocycles. The highest BCUT2D eigenvalue weighted by atomic mass is 35.5. The largest absolute Gasteiger partial charge is 0.354 e. The number of carbonyl (C=O) groups is 1. The van der Waals surface area contributed by atoms with Gasteiger partial charge < -0.3 is 5.32 Å². The SMILES string of the molecule is CC(CNC(=O)CN(c1ccc(F)c(Cl)c1)S(=O)(=O)c1ccccc1)Cc1cccc2ccccc12. The van der Waals surface area contributed by atoms with Gasteiger partial charge in [0, 0.05) is 6.54 Å². The number of anilines is 1. The standard InChI is InChI=1S/C28H26ClFN2O3S/c1-20(16-22-10-7-9-21-8-5-6-13-25(21)22)18-31-28(33)19-32(23-14-15-27(30)26(29)17-23)36(34,35)24-11-3-2-4-12-24/h2-15,17,20H,16,18-19H2,1H3,(H,31,33). The molecule has 0 saturated carbocycles. The van der Waals surface area contributed by atoms with Crippen molar-refractivity contribution in [2.75, 3.05) is 17.4 Å². The van der Waals surface area contributed by atoms with Gasteiger partial charge in [-0.2, -0.15) is 0 Å². The molecule has 0 aromatic heterocycles. The minimum atomic E-state index is -4.10. The van der Waals surface area contributed by atoms with Crippen LogP contribution in [0.5, 0.6) is 0 Å². The summed E-state index contributed by atoms with van der Waals surface area (Å²) < 4.78 is 41.4. The van der Waals surface area contributed by atoms with Crippen molar-refractivity contribution in [3.8, 4) is 0 Å². The molecular formula is C28H26ClFN2O3S. The minimum Gasteiger partial charge on any atom is -0.354 e. The Hall–Kier alpha value is -3.42. The highest BCUT2D eigenvalue weighted by molar-refractivity contribution is 7.92. The Labute approximate surface area is 215 Å². The molecule has 0 fully saturated rings. The van der Waals surface area contributed by atoms with E-state index < -0.39 is 28.3 Å². The summed E-state index contributed by atoms with van der Waals surface area (Å²) in [5.41, 5.74) is 1.29. The number of fused-ring (bicyclic) bond motifs is 1. The Balaban J connectivity index is 1.49. The third-order valence-corrected chi connectivity index (χ3v) is 7.98. The number of nitrogens with zero attached hydrogens (tertiary/aromatic N) is 1. The molecule has 36 heavy (non-hydrogen) atoms. The molecule has 1 unspecified atom stereocenters. The summed E-state index contributed by atoms with van der Waals surface area (Å²) in [4.78, 5) is 12.9. The third-order valence-electron chi connectivity index (χ3n) is 5.91. The van der Waals surface area contributed by atoms with Crippen LogP contribution in [0.1, 0.15) is 12.5 Å². The van der Waals surface area contributed by atoms with Crippen molar-refractivity contribution in [3.63, 3.8) is 0 Å². The molecule has 0 heterocycles. The summed E-state index contributed by atoms with van der Waals surface area (Å²) in [5.74, 6) is -1.04. The van der Waals surface area contributed by atoms with E-state index in [1.54, 1.807) is 18.2 Å². The predicted molar refractivity (Wildman–Crippen MR) is 142 cm³/mol. The molecule has 186 valence electrons. The van der Waals surface area contributed by atoms with E-state index in [1.807, 2.05) is 25.1 Å². The zero-order valence-corrected chi connectivity index (χ0v) is 21.3. The highest BCUT2D eigenvalue weighted by Crippen LogP contribution is 2.27. The van der Waals surface area contributed by atoms with E-state index >= 15 is 0 Å². The van der Waals surface area contributed by atoms with Gasteiger partial charge in [-0.1, -0.05) is 79.2 Å². The van der Waals surface area contributed by atoms with Crippen LogP contribution in [-0.2, 0) is 21.2 Å². The first kappa shape index (κ1) is 25.7. The molecule has 4 aromatic rings. The first-order chi connectivity index (χ1) is 17.3. The van der Waals surface area contributed by atoms with Crippen LogP contribution >= 0.6 is 11.6 Å². The Morgan fingerprint density at radius 2 is 1.67 bits per heavy atom. The molecule has 0 aliphatic rings. The second-order valence-corrected chi connectivity index (χ2v) is 10.9. The molecule has 1 atom stereocenters. The number of rotatable bonds is 9. The van der Waals surface area contributed by atoms with Crippen molar-refractivity contribution in [2.45, 2.75) is 18.2 Å². The van der Waals surface area contributed by atoms with Gasteiger partial charge in [-0.3, -0.25) is 9.10 Å². The monoisotopic (exact) mass is 524 g/mol. The molecule has 8 heteroatoms. The first-order valence-corrected chi connectivity index (χ1v) is 13.3. The number of benzene rings is 4. The smallest absolute Gasteiger partial charge is 0.264 e. The van der Waals surface area contributed by atoms with E-state index in [-0.39, 0.29) is 21.5 Å². The van der Waals surface area contributed by atoms with Crippen LogP contribution in [0.25, 0.3) is 10.8 Å². The maximum Gasteiger partial charge on any atom is 0.264 e. The number of nitrogens with one attached hydrogen (secondary N) is 1. The fourth-order valence-corrected chi connectivity index (χ4v) is 5.68. The number of sulfonamides is 1. The minimum absolute atomic E-state index is 0.0163. The van der Waals surface area contributed by atoms with Gasteiger partial charge in [0.05, 0.1) is 15.6 Å². The molecule has 0 bridgehead atoms. The Bertz CT molecular complexity index is 1470. The van der Waals surface area contributed by atoms with Gasteiger partial charge in [0.1, 0.15) is 12.4 Å². The lowest BCUT2D eigenvalue weighted by Gasteiger charge is -2.25. The fourth-order valence-electron chi connectivity index (χ4n) is 4.07. The number of hydrogen-bond donors (Lipinski definition) is 1. The maximum absolute atomic E-state index is 13.8. The Morgan fingerprint density at radius 1 is 0.972 bits per heavy atom. The first-order valence-electron chi connectivity index (χ1n) is 11.5. The summed E-state index contributed by atoms with van der Waals surface area (Å²) in [6.07, 6.45) is 0.751. The van der Waals surface area contributed by atoms with E-state index in [0.717, 1.165) is 22.2 Å². The summed E-state index contributed by atoms with van der Waals surface area (Å²) in [6.45, 7) is 1.92. The third kappa shape index (κ3) is 5.86. The molecule has 0 aliphatic heterocycles. The van der Waals surface area contributed by atoms with Gasteiger partial charge in [-0.25, -0.2) is 12.8 Å². The van der Waals surface area contributed by atoms with Crippen molar-refractivity contribution in [2.24, 2.45) is 5.92 Å². The van der Waals surface area contributed by atoms with Crippen molar-refractivity contribution >= 4 is 44.0 Å². The van der Waals surface area contributed by atoms with Crippen LogP contribution in [0.4, 0.5) is 10.1 Å². The molecule has 4 rings (SSSR count). The summed E-state index contributed by atoms with van der Waals surface area (Å²) >= 11 is 5.91. The lowest BCUT2D eigenvalue weighted by molar-refractivity contribution is -0.119. The van der Waals surface area contributed by atoms with Crippen LogP contribution in [0.3, 0.4) is 0 Å². The van der Waals surface area contributed by atoms with Gasteiger partial charge in [-0.05, 0) is 59.0 Å². The van der Waals surface area contributed by atoms with Crippen LogP contribution in [0.2, 0.25) is 5.02 Å². The van der Waals surface area contributed by atoms with E-state index in [1.165, 1.54) is 35.2 Å².